The number of carbonyl (C=O) groups excluding carboxylic acids is 1. The van der Waals surface area contributed by atoms with Crippen LogP contribution in [0, 0.1) is 5.82 Å². The van der Waals surface area contributed by atoms with Crippen molar-refractivity contribution in [3.63, 3.8) is 0 Å². The highest BCUT2D eigenvalue weighted by molar-refractivity contribution is 5.90. The number of benzene rings is 2. The van der Waals surface area contributed by atoms with E-state index in [2.05, 4.69) is 21.3 Å². The Balaban J connectivity index is 1.32. The number of fused-ring (bicyclic) bond motifs is 4. The molecule has 1 saturated heterocycles. The van der Waals surface area contributed by atoms with E-state index in [1.54, 1.807) is 43.4 Å². The van der Waals surface area contributed by atoms with E-state index in [0.29, 0.717) is 43.1 Å². The lowest BCUT2D eigenvalue weighted by atomic mass is 9.82. The van der Waals surface area contributed by atoms with Crippen LogP contribution in [-0.2, 0) is 5.54 Å². The van der Waals surface area contributed by atoms with Crippen molar-refractivity contribution < 1.29 is 18.7 Å². The van der Waals surface area contributed by atoms with Crippen molar-refractivity contribution in [3.8, 4) is 17.2 Å². The lowest BCUT2D eigenvalue weighted by Gasteiger charge is -2.46. The van der Waals surface area contributed by atoms with Gasteiger partial charge in [-0.1, -0.05) is 0 Å². The zero-order valence-corrected chi connectivity index (χ0v) is 18.0. The summed E-state index contributed by atoms with van der Waals surface area (Å²) >= 11 is 0. The first-order chi connectivity index (χ1) is 15.5. The molecule has 1 spiro atoms. The molecular formula is C24H25FN4O3. The number of halogens is 1. The minimum Gasteiger partial charge on any atom is -0.493 e. The van der Waals surface area contributed by atoms with E-state index in [-0.39, 0.29) is 17.4 Å². The molecule has 2 amide bonds. The summed E-state index contributed by atoms with van der Waals surface area (Å²) in [7, 11) is 3.13. The fraction of sp³-hybridized carbons (Fsp3) is 0.292. The average Bonchev–Trinajstić information content (AvgIpc) is 3.30. The van der Waals surface area contributed by atoms with Crippen molar-refractivity contribution in [1.29, 1.82) is 0 Å². The van der Waals surface area contributed by atoms with E-state index in [0.717, 1.165) is 17.1 Å². The summed E-state index contributed by atoms with van der Waals surface area (Å²) in [6.07, 6.45) is 3.43. The number of urea groups is 1. The van der Waals surface area contributed by atoms with Crippen LogP contribution >= 0.6 is 0 Å². The number of hydrogen-bond acceptors (Lipinski definition) is 4. The molecule has 5 rings (SSSR count). The first-order valence-corrected chi connectivity index (χ1v) is 10.6. The van der Waals surface area contributed by atoms with E-state index in [4.69, 9.17) is 9.47 Å². The molecule has 3 aromatic rings. The minimum absolute atomic E-state index is 0.162. The number of carbonyl (C=O) groups is 1. The highest BCUT2D eigenvalue weighted by Gasteiger charge is 2.42. The van der Waals surface area contributed by atoms with Gasteiger partial charge < -0.3 is 29.6 Å². The number of likely N-dealkylation sites (tertiary alicyclic amines) is 1. The third kappa shape index (κ3) is 3.32. The second-order valence-electron chi connectivity index (χ2n) is 8.12. The fourth-order valence-electron chi connectivity index (χ4n) is 4.71. The van der Waals surface area contributed by atoms with Crippen LogP contribution in [-0.4, -0.2) is 42.8 Å². The van der Waals surface area contributed by atoms with Gasteiger partial charge in [-0.3, -0.25) is 0 Å². The molecule has 166 valence electrons. The summed E-state index contributed by atoms with van der Waals surface area (Å²) in [5, 5.41) is 6.53. The highest BCUT2D eigenvalue weighted by Crippen LogP contribution is 2.43. The Bertz CT molecular complexity index is 1170. The molecule has 0 unspecified atom stereocenters. The van der Waals surface area contributed by atoms with Gasteiger partial charge >= 0.3 is 6.03 Å². The van der Waals surface area contributed by atoms with Crippen LogP contribution in [0.4, 0.5) is 20.6 Å². The lowest BCUT2D eigenvalue weighted by Crippen LogP contribution is -2.51. The number of aromatic nitrogens is 1. The molecule has 1 aromatic heterocycles. The number of hydrogen-bond donors (Lipinski definition) is 2. The molecule has 0 aliphatic carbocycles. The van der Waals surface area contributed by atoms with E-state index in [1.165, 1.54) is 12.1 Å². The molecule has 32 heavy (non-hydrogen) atoms. The molecule has 3 heterocycles. The van der Waals surface area contributed by atoms with Crippen LogP contribution in [0.5, 0.6) is 11.5 Å². The van der Waals surface area contributed by atoms with Crippen LogP contribution in [0.3, 0.4) is 0 Å². The Morgan fingerprint density at radius 3 is 2.59 bits per heavy atom. The van der Waals surface area contributed by atoms with E-state index < -0.39 is 0 Å². The van der Waals surface area contributed by atoms with Crippen LogP contribution in [0.25, 0.3) is 5.69 Å². The standard InChI is InChI=1S/C24H25FN4O3/c1-31-20-8-6-17(15-21(20)32-2)26-23(30)28-12-9-24(10-13-28)22-4-3-11-29(22)19-7-5-16(25)14-18(19)27-24/h3-8,11,14-15,27H,9-10,12-13H2,1-2H3,(H,26,30). The van der Waals surface area contributed by atoms with Crippen molar-refractivity contribution in [1.82, 2.24) is 9.47 Å². The molecule has 7 nitrogen and oxygen atoms in total. The first kappa shape index (κ1) is 20.2. The van der Waals surface area contributed by atoms with E-state index in [1.807, 2.05) is 12.3 Å². The third-order valence-electron chi connectivity index (χ3n) is 6.37. The smallest absolute Gasteiger partial charge is 0.321 e. The molecule has 0 atom stereocenters. The molecule has 0 bridgehead atoms. The molecule has 2 aliphatic rings. The summed E-state index contributed by atoms with van der Waals surface area (Å²) in [6, 6.07) is 14.0. The molecule has 0 saturated carbocycles. The number of amides is 2. The maximum atomic E-state index is 13.9. The van der Waals surface area contributed by atoms with Gasteiger partial charge in [0, 0.05) is 36.7 Å². The number of piperidine rings is 1. The Kier molecular flexibility index (Phi) is 4.92. The summed E-state index contributed by atoms with van der Waals surface area (Å²) in [6.45, 7) is 1.14. The van der Waals surface area contributed by atoms with Crippen molar-refractivity contribution in [2.45, 2.75) is 18.4 Å². The van der Waals surface area contributed by atoms with Gasteiger partial charge in [0.05, 0.1) is 31.1 Å². The van der Waals surface area contributed by atoms with Crippen molar-refractivity contribution in [2.24, 2.45) is 0 Å². The van der Waals surface area contributed by atoms with Crippen LogP contribution in [0.1, 0.15) is 18.5 Å². The molecule has 1 fully saturated rings. The fourth-order valence-corrected chi connectivity index (χ4v) is 4.71. The number of nitrogens with zero attached hydrogens (tertiary/aromatic N) is 2. The lowest BCUT2D eigenvalue weighted by molar-refractivity contribution is 0.174. The van der Waals surface area contributed by atoms with Crippen molar-refractivity contribution >= 4 is 17.4 Å². The maximum absolute atomic E-state index is 13.9. The summed E-state index contributed by atoms with van der Waals surface area (Å²) in [4.78, 5) is 14.7. The zero-order chi connectivity index (χ0) is 22.3. The van der Waals surface area contributed by atoms with Gasteiger partial charge in [0.1, 0.15) is 5.82 Å². The summed E-state index contributed by atoms with van der Waals surface area (Å²) in [5.74, 6) is 0.892. The third-order valence-corrected chi connectivity index (χ3v) is 6.37. The Labute approximate surface area is 185 Å². The Morgan fingerprint density at radius 1 is 1.06 bits per heavy atom. The average molecular weight is 436 g/mol. The van der Waals surface area contributed by atoms with Crippen molar-refractivity contribution in [2.75, 3.05) is 37.9 Å². The van der Waals surface area contributed by atoms with Gasteiger partial charge in [0.15, 0.2) is 11.5 Å². The zero-order valence-electron chi connectivity index (χ0n) is 18.0. The number of rotatable bonds is 3. The van der Waals surface area contributed by atoms with Crippen molar-refractivity contribution in [3.05, 3.63) is 66.2 Å². The SMILES string of the molecule is COc1ccc(NC(=O)N2CCC3(CC2)Nc2cc(F)ccc2-n2cccc23)cc1OC. The highest BCUT2D eigenvalue weighted by atomic mass is 19.1. The number of anilines is 2. The van der Waals surface area contributed by atoms with E-state index in [9.17, 15) is 9.18 Å². The van der Waals surface area contributed by atoms with E-state index >= 15 is 0 Å². The van der Waals surface area contributed by atoms with Gasteiger partial charge in [-0.15, -0.1) is 0 Å². The quantitative estimate of drug-likeness (QED) is 0.631. The topological polar surface area (TPSA) is 67.8 Å². The monoisotopic (exact) mass is 436 g/mol. The Morgan fingerprint density at radius 2 is 1.84 bits per heavy atom. The molecular weight excluding hydrogens is 411 g/mol. The molecule has 2 aliphatic heterocycles. The van der Waals surface area contributed by atoms with Gasteiger partial charge in [-0.25, -0.2) is 9.18 Å². The largest absolute Gasteiger partial charge is 0.493 e. The first-order valence-electron chi connectivity index (χ1n) is 10.6. The number of ether oxygens (including phenoxy) is 2. The molecule has 0 radical (unpaired) electrons. The van der Waals surface area contributed by atoms with Gasteiger partial charge in [0.25, 0.3) is 0 Å². The van der Waals surface area contributed by atoms with Gasteiger partial charge in [-0.05, 0) is 55.3 Å². The molecule has 8 heteroatoms. The minimum atomic E-state index is -0.343. The number of nitrogens with one attached hydrogen (secondary N) is 2. The van der Waals surface area contributed by atoms with Gasteiger partial charge in [0.2, 0.25) is 0 Å². The predicted molar refractivity (Wildman–Crippen MR) is 120 cm³/mol. The summed E-state index contributed by atoms with van der Waals surface area (Å²) < 4.78 is 26.6. The molecule has 2 aromatic carbocycles. The summed E-state index contributed by atoms with van der Waals surface area (Å²) in [5.41, 5.74) is 3.14. The number of methoxy groups -OCH3 is 2. The van der Waals surface area contributed by atoms with Crippen LogP contribution < -0.4 is 20.1 Å². The second-order valence-corrected chi connectivity index (χ2v) is 8.12. The van der Waals surface area contributed by atoms with Crippen LogP contribution in [0.2, 0.25) is 0 Å². The Hall–Kier alpha value is -3.68. The van der Waals surface area contributed by atoms with Crippen LogP contribution in [0.15, 0.2) is 54.7 Å². The maximum Gasteiger partial charge on any atom is 0.321 e. The second kappa shape index (κ2) is 7.78. The normalized spacial score (nSPS) is 16.0. The van der Waals surface area contributed by atoms with Gasteiger partial charge in [-0.2, -0.15) is 0 Å². The predicted octanol–water partition coefficient (Wildman–Crippen LogP) is 4.58. The molecule has 2 N–H and O–H groups in total.